The van der Waals surface area contributed by atoms with E-state index in [0.29, 0.717) is 19.6 Å². The maximum atomic E-state index is 12.4. The first-order valence-corrected chi connectivity index (χ1v) is 7.34. The Hall–Kier alpha value is -1.40. The molecule has 0 N–H and O–H groups in total. The van der Waals surface area contributed by atoms with E-state index in [9.17, 15) is 9.59 Å². The minimum Gasteiger partial charge on any atom is -0.463 e. The second kappa shape index (κ2) is 5.77. The molecule has 0 bridgehead atoms. The number of esters is 2. The third-order valence-corrected chi connectivity index (χ3v) is 4.15. The Morgan fingerprint density at radius 2 is 1.81 bits per heavy atom. The summed E-state index contributed by atoms with van der Waals surface area (Å²) in [6, 6.07) is 0. The van der Waals surface area contributed by atoms with E-state index >= 15 is 0 Å². The maximum absolute atomic E-state index is 12.4. The van der Waals surface area contributed by atoms with E-state index in [-0.39, 0.29) is 31.4 Å². The molecule has 3 rings (SSSR count). The highest BCUT2D eigenvalue weighted by atomic mass is 16.6. The molecule has 0 radical (unpaired) electrons. The van der Waals surface area contributed by atoms with Crippen molar-refractivity contribution in [2.45, 2.75) is 32.0 Å². The van der Waals surface area contributed by atoms with Crippen molar-refractivity contribution in [3.8, 4) is 0 Å². The fourth-order valence-corrected chi connectivity index (χ4v) is 2.51. The molecule has 0 saturated carbocycles. The number of carbonyl (C=O) groups is 2. The molecule has 21 heavy (non-hydrogen) atoms. The molecule has 0 aromatic carbocycles. The highest BCUT2D eigenvalue weighted by Gasteiger charge is 2.47. The van der Waals surface area contributed by atoms with Gasteiger partial charge in [0.05, 0.1) is 24.5 Å². The highest BCUT2D eigenvalue weighted by Crippen LogP contribution is 2.39. The van der Waals surface area contributed by atoms with Gasteiger partial charge in [-0.25, -0.2) is 0 Å². The zero-order valence-electron chi connectivity index (χ0n) is 12.1. The lowest BCUT2D eigenvalue weighted by molar-refractivity contribution is -0.166. The zero-order chi connectivity index (χ0) is 14.9. The first-order chi connectivity index (χ1) is 10.1. The van der Waals surface area contributed by atoms with E-state index in [0.717, 1.165) is 6.42 Å². The Balaban J connectivity index is 1.62. The van der Waals surface area contributed by atoms with Crippen LogP contribution >= 0.6 is 0 Å². The number of hydrogen-bond donors (Lipinski definition) is 0. The van der Waals surface area contributed by atoms with Gasteiger partial charge in [0.15, 0.2) is 0 Å². The molecule has 4 unspecified atom stereocenters. The lowest BCUT2D eigenvalue weighted by Crippen LogP contribution is -2.42. The summed E-state index contributed by atoms with van der Waals surface area (Å²) in [5.74, 6) is -1.25. The molecule has 2 aliphatic heterocycles. The molecule has 116 valence electrons. The predicted octanol–water partition coefficient (Wildman–Crippen LogP) is 0.843. The van der Waals surface area contributed by atoms with Gasteiger partial charge in [-0.15, -0.1) is 0 Å². The van der Waals surface area contributed by atoms with Crippen molar-refractivity contribution in [3.05, 3.63) is 12.2 Å². The number of allylic oxidation sites excluding steroid dienone is 1. The number of ether oxygens (including phenoxy) is 4. The van der Waals surface area contributed by atoms with Crippen molar-refractivity contribution in [2.24, 2.45) is 11.3 Å². The molecule has 3 aliphatic rings. The van der Waals surface area contributed by atoms with Gasteiger partial charge in [-0.05, 0) is 19.8 Å². The Morgan fingerprint density at radius 1 is 1.19 bits per heavy atom. The Morgan fingerprint density at radius 3 is 2.43 bits per heavy atom. The number of hydrogen-bond acceptors (Lipinski definition) is 6. The lowest BCUT2D eigenvalue weighted by atomic mass is 9.71. The molecular weight excluding hydrogens is 276 g/mol. The van der Waals surface area contributed by atoms with Crippen LogP contribution < -0.4 is 0 Å². The minimum atomic E-state index is -0.964. The second-order valence-electron chi connectivity index (χ2n) is 5.95. The Labute approximate surface area is 123 Å². The molecule has 1 aliphatic carbocycles. The topological polar surface area (TPSA) is 77.7 Å². The van der Waals surface area contributed by atoms with Crippen molar-refractivity contribution in [1.29, 1.82) is 0 Å². The third-order valence-electron chi connectivity index (χ3n) is 4.15. The van der Waals surface area contributed by atoms with Crippen LogP contribution in [0.2, 0.25) is 0 Å². The maximum Gasteiger partial charge on any atom is 0.316 e. The number of carbonyl (C=O) groups excluding carboxylic acids is 2. The summed E-state index contributed by atoms with van der Waals surface area (Å²) in [5.41, 5.74) is -0.964. The van der Waals surface area contributed by atoms with E-state index in [2.05, 4.69) is 0 Å². The summed E-state index contributed by atoms with van der Waals surface area (Å²) in [4.78, 5) is 24.6. The summed E-state index contributed by atoms with van der Waals surface area (Å²) < 4.78 is 20.6. The van der Waals surface area contributed by atoms with Gasteiger partial charge in [-0.1, -0.05) is 12.2 Å². The van der Waals surface area contributed by atoms with Crippen LogP contribution in [0.3, 0.4) is 0 Å². The monoisotopic (exact) mass is 296 g/mol. The largest absolute Gasteiger partial charge is 0.463 e. The summed E-state index contributed by atoms with van der Waals surface area (Å²) >= 11 is 0. The van der Waals surface area contributed by atoms with Crippen LogP contribution in [0.25, 0.3) is 0 Å². The summed E-state index contributed by atoms with van der Waals surface area (Å²) in [6.45, 7) is 3.52. The first kappa shape index (κ1) is 14.5. The molecule has 6 nitrogen and oxygen atoms in total. The van der Waals surface area contributed by atoms with Gasteiger partial charge in [-0.3, -0.25) is 9.59 Å². The fraction of sp³-hybridized carbons (Fsp3) is 0.733. The van der Waals surface area contributed by atoms with Crippen LogP contribution in [-0.4, -0.2) is 50.6 Å². The van der Waals surface area contributed by atoms with Gasteiger partial charge in [0.1, 0.15) is 25.4 Å². The lowest BCUT2D eigenvalue weighted by Gasteiger charge is -2.33. The van der Waals surface area contributed by atoms with E-state index < -0.39 is 17.3 Å². The molecule has 0 amide bonds. The Bertz CT molecular complexity index is 451. The molecule has 4 atom stereocenters. The molecule has 0 aromatic heterocycles. The second-order valence-corrected chi connectivity index (χ2v) is 5.95. The van der Waals surface area contributed by atoms with Crippen molar-refractivity contribution in [1.82, 2.24) is 0 Å². The van der Waals surface area contributed by atoms with Gasteiger partial charge in [0.2, 0.25) is 0 Å². The number of rotatable bonds is 6. The van der Waals surface area contributed by atoms with Crippen LogP contribution in [0.15, 0.2) is 12.2 Å². The van der Waals surface area contributed by atoms with Crippen molar-refractivity contribution in [2.75, 3.05) is 26.4 Å². The quantitative estimate of drug-likeness (QED) is 0.411. The van der Waals surface area contributed by atoms with Crippen molar-refractivity contribution in [3.63, 3.8) is 0 Å². The molecule has 2 saturated heterocycles. The highest BCUT2D eigenvalue weighted by molar-refractivity contribution is 5.87. The smallest absolute Gasteiger partial charge is 0.316 e. The van der Waals surface area contributed by atoms with Crippen molar-refractivity contribution >= 4 is 11.9 Å². The molecule has 6 heteroatoms. The number of epoxide rings is 2. The first-order valence-electron chi connectivity index (χ1n) is 7.34. The fourth-order valence-electron chi connectivity index (χ4n) is 2.51. The molecular formula is C15H20O6. The van der Waals surface area contributed by atoms with E-state index in [1.165, 1.54) is 0 Å². The minimum absolute atomic E-state index is 0.0162. The standard InChI is InChI=1S/C15H20O6/c1-15(14(17)21-9-11-7-19-11)5-3-2-4-12(15)13(16)20-8-10-6-18-10/h3,5,10-12H,2,4,6-9H2,1H3. The normalized spacial score (nSPS) is 36.9. The SMILES string of the molecule is CC1(C(=O)OCC2CO2)C=CCCC1C(=O)OCC1CO1. The molecule has 0 spiro atoms. The summed E-state index contributed by atoms with van der Waals surface area (Å²) in [7, 11) is 0. The van der Waals surface area contributed by atoms with E-state index in [4.69, 9.17) is 18.9 Å². The van der Waals surface area contributed by atoms with Crippen LogP contribution in [0, 0.1) is 11.3 Å². The third kappa shape index (κ3) is 3.44. The molecule has 0 aromatic rings. The van der Waals surface area contributed by atoms with Gasteiger partial charge in [-0.2, -0.15) is 0 Å². The van der Waals surface area contributed by atoms with E-state index in [1.807, 2.05) is 6.08 Å². The average Bonchev–Trinajstić information content (AvgIpc) is 3.37. The van der Waals surface area contributed by atoms with Crippen LogP contribution in [0.5, 0.6) is 0 Å². The average molecular weight is 296 g/mol. The summed E-state index contributed by atoms with van der Waals surface area (Å²) in [5, 5.41) is 0. The molecule has 2 heterocycles. The van der Waals surface area contributed by atoms with Crippen LogP contribution in [0.1, 0.15) is 19.8 Å². The van der Waals surface area contributed by atoms with Crippen LogP contribution in [0.4, 0.5) is 0 Å². The van der Waals surface area contributed by atoms with Gasteiger partial charge >= 0.3 is 11.9 Å². The van der Waals surface area contributed by atoms with Gasteiger partial charge in [0, 0.05) is 0 Å². The van der Waals surface area contributed by atoms with Crippen molar-refractivity contribution < 1.29 is 28.5 Å². The van der Waals surface area contributed by atoms with E-state index in [1.54, 1.807) is 13.0 Å². The summed E-state index contributed by atoms with van der Waals surface area (Å²) in [6.07, 6.45) is 5.08. The zero-order valence-corrected chi connectivity index (χ0v) is 12.1. The molecule has 2 fully saturated rings. The van der Waals surface area contributed by atoms with Gasteiger partial charge < -0.3 is 18.9 Å². The van der Waals surface area contributed by atoms with Crippen LogP contribution in [-0.2, 0) is 28.5 Å². The Kier molecular flexibility index (Phi) is 3.99. The predicted molar refractivity (Wildman–Crippen MR) is 71.4 cm³/mol. The van der Waals surface area contributed by atoms with Gasteiger partial charge in [0.25, 0.3) is 0 Å².